The zero-order valence-electron chi connectivity index (χ0n) is 7.21. The molecule has 0 aromatic carbocycles. The first-order chi connectivity index (χ1) is 2.00. The Morgan fingerprint density at radius 3 is 1.00 bits per heavy atom. The minimum absolute atomic E-state index is 0. The molecule has 0 radical (unpaired) electrons. The third kappa shape index (κ3) is 81.8. The average molecular weight is 115 g/mol. The van der Waals surface area contributed by atoms with Gasteiger partial charge in [0.25, 0.3) is 0 Å². The molecule has 0 bridgehead atoms. The molecule has 6 heavy (non-hydrogen) atoms. The van der Waals surface area contributed by atoms with Crippen LogP contribution in [0, 0.1) is 0 Å². The zero-order valence-corrected chi connectivity index (χ0v) is 7.62. The van der Waals surface area contributed by atoms with Crippen LogP contribution in [0.25, 0.3) is 0 Å². The Labute approximate surface area is 60.5 Å². The normalized spacial score (nSPS) is 10.0. The summed E-state index contributed by atoms with van der Waals surface area (Å²) in [7, 11) is -0.611. The summed E-state index contributed by atoms with van der Waals surface area (Å²) in [6.07, 6.45) is 0. The third-order valence-corrected chi connectivity index (χ3v) is 0. The van der Waals surface area contributed by atoms with E-state index < -0.39 is 8.07 Å². The fourth-order valence-electron chi connectivity index (χ4n) is 0. The van der Waals surface area contributed by atoms with Crippen LogP contribution in [0.3, 0.4) is 0 Å². The molecule has 0 spiro atoms. The first-order valence-electron chi connectivity index (χ1n) is 2.00. The van der Waals surface area contributed by atoms with Gasteiger partial charge in [0.2, 0.25) is 0 Å². The van der Waals surface area contributed by atoms with Gasteiger partial charge >= 0.3 is 23.1 Å². The molecule has 0 heterocycles. The van der Waals surface area contributed by atoms with E-state index in [4.69, 9.17) is 0 Å². The maximum atomic E-state index is 2.33. The van der Waals surface area contributed by atoms with Crippen molar-refractivity contribution in [2.75, 3.05) is 0 Å². The SMILES string of the molecule is C[Si](C)(C)C.[H-].[H-].[Mg+2]. The molecule has 0 aliphatic carbocycles. The summed E-state index contributed by atoms with van der Waals surface area (Å²) in [6.45, 7) is 9.31. The van der Waals surface area contributed by atoms with Crippen LogP contribution in [0.1, 0.15) is 2.85 Å². The van der Waals surface area contributed by atoms with Crippen molar-refractivity contribution in [3.63, 3.8) is 0 Å². The van der Waals surface area contributed by atoms with Crippen LogP contribution in [0.5, 0.6) is 0 Å². The predicted molar refractivity (Wildman–Crippen MR) is 37.2 cm³/mol. The number of hydrogen-bond donors (Lipinski definition) is 0. The second kappa shape index (κ2) is 3.05. The fraction of sp³-hybridized carbons (Fsp3) is 1.00. The fourth-order valence-corrected chi connectivity index (χ4v) is 0. The summed E-state index contributed by atoms with van der Waals surface area (Å²) in [5, 5.41) is 0. The van der Waals surface area contributed by atoms with Gasteiger partial charge in [0.05, 0.1) is 0 Å². The average Bonchev–Trinajstić information content (AvgIpc) is 0.722. The summed E-state index contributed by atoms with van der Waals surface area (Å²) in [5.41, 5.74) is 0. The Balaban J connectivity index is -0.0000000267. The molecule has 0 saturated heterocycles. The third-order valence-electron chi connectivity index (χ3n) is 0. The van der Waals surface area contributed by atoms with E-state index in [9.17, 15) is 0 Å². The van der Waals surface area contributed by atoms with Crippen LogP contribution in [0.4, 0.5) is 0 Å². The molecule has 0 nitrogen and oxygen atoms in total. The molecular formula is C4H14MgSi. The van der Waals surface area contributed by atoms with E-state index >= 15 is 0 Å². The van der Waals surface area contributed by atoms with Crippen molar-refractivity contribution in [3.8, 4) is 0 Å². The van der Waals surface area contributed by atoms with Crippen molar-refractivity contribution in [1.82, 2.24) is 0 Å². The van der Waals surface area contributed by atoms with Crippen LogP contribution < -0.4 is 0 Å². The molecule has 0 rings (SSSR count). The maximum absolute atomic E-state index is 2.33. The quantitative estimate of drug-likeness (QED) is 0.422. The summed E-state index contributed by atoms with van der Waals surface area (Å²) in [6, 6.07) is 0. The standard InChI is InChI=1S/C4H12Si.Mg.2H/c1-5(2,3)4;;;/h1-4H3;;;/q;+2;2*-1. The molecule has 0 aromatic rings. The van der Waals surface area contributed by atoms with Crippen LogP contribution in [-0.2, 0) is 0 Å². The maximum Gasteiger partial charge on any atom is 2.00 e. The summed E-state index contributed by atoms with van der Waals surface area (Å²) in [4.78, 5) is 0. The summed E-state index contributed by atoms with van der Waals surface area (Å²) < 4.78 is 0. The van der Waals surface area contributed by atoms with Gasteiger partial charge in [-0.25, -0.2) is 0 Å². The monoisotopic (exact) mass is 114 g/mol. The predicted octanol–water partition coefficient (Wildman–Crippen LogP) is 1.80. The Kier molecular flexibility index (Phi) is 5.11. The Morgan fingerprint density at radius 2 is 1.00 bits per heavy atom. The first kappa shape index (κ1) is 10.1. The van der Waals surface area contributed by atoms with Gasteiger partial charge in [0.1, 0.15) is 0 Å². The smallest absolute Gasteiger partial charge is 1.00 e. The van der Waals surface area contributed by atoms with E-state index in [0.29, 0.717) is 0 Å². The molecule has 0 unspecified atom stereocenters. The van der Waals surface area contributed by atoms with Crippen molar-refractivity contribution in [2.45, 2.75) is 26.2 Å². The van der Waals surface area contributed by atoms with Gasteiger partial charge in [-0.2, -0.15) is 0 Å². The molecule has 0 saturated carbocycles. The van der Waals surface area contributed by atoms with Gasteiger partial charge in [-0.3, -0.25) is 0 Å². The molecule has 0 amide bonds. The van der Waals surface area contributed by atoms with E-state index in [1.54, 1.807) is 0 Å². The Morgan fingerprint density at radius 1 is 1.00 bits per heavy atom. The minimum atomic E-state index is -0.611. The van der Waals surface area contributed by atoms with Crippen molar-refractivity contribution in [3.05, 3.63) is 0 Å². The number of rotatable bonds is 0. The minimum Gasteiger partial charge on any atom is -1.00 e. The second-order valence-electron chi connectivity index (χ2n) is 3.00. The van der Waals surface area contributed by atoms with E-state index in [1.165, 1.54) is 0 Å². The van der Waals surface area contributed by atoms with Crippen molar-refractivity contribution in [2.24, 2.45) is 0 Å². The van der Waals surface area contributed by atoms with Crippen LogP contribution in [0.2, 0.25) is 26.2 Å². The van der Waals surface area contributed by atoms with Gasteiger partial charge in [-0.1, -0.05) is 26.2 Å². The largest absolute Gasteiger partial charge is 2.00 e. The second-order valence-corrected chi connectivity index (χ2v) is 9.00. The number of hydrogen-bond acceptors (Lipinski definition) is 0. The summed E-state index contributed by atoms with van der Waals surface area (Å²) >= 11 is 0. The van der Waals surface area contributed by atoms with Crippen LogP contribution >= 0.6 is 0 Å². The van der Waals surface area contributed by atoms with Crippen LogP contribution in [-0.4, -0.2) is 31.1 Å². The molecule has 0 atom stereocenters. The van der Waals surface area contributed by atoms with Gasteiger partial charge in [-0.15, -0.1) is 0 Å². The molecular weight excluding hydrogens is 100 g/mol. The molecule has 0 aliphatic heterocycles. The van der Waals surface area contributed by atoms with Crippen LogP contribution in [0.15, 0.2) is 0 Å². The Hall–Kier alpha value is 0.983. The molecule has 2 heteroatoms. The molecule has 0 N–H and O–H groups in total. The van der Waals surface area contributed by atoms with Gasteiger partial charge in [0.15, 0.2) is 0 Å². The molecule has 0 fully saturated rings. The van der Waals surface area contributed by atoms with E-state index in [2.05, 4.69) is 26.2 Å². The zero-order chi connectivity index (χ0) is 4.50. The first-order valence-corrected chi connectivity index (χ1v) is 6.00. The van der Waals surface area contributed by atoms with E-state index in [1.807, 2.05) is 0 Å². The van der Waals surface area contributed by atoms with Gasteiger partial charge in [0, 0.05) is 8.07 Å². The molecule has 0 aromatic heterocycles. The summed E-state index contributed by atoms with van der Waals surface area (Å²) in [5.74, 6) is 0. The van der Waals surface area contributed by atoms with Crippen molar-refractivity contribution >= 4 is 31.1 Å². The van der Waals surface area contributed by atoms with Gasteiger partial charge < -0.3 is 2.85 Å². The van der Waals surface area contributed by atoms with E-state index in [-0.39, 0.29) is 25.9 Å². The molecule has 0 aliphatic rings. The van der Waals surface area contributed by atoms with Crippen molar-refractivity contribution < 1.29 is 2.85 Å². The van der Waals surface area contributed by atoms with Gasteiger partial charge in [-0.05, 0) is 0 Å². The van der Waals surface area contributed by atoms with E-state index in [0.717, 1.165) is 0 Å². The topological polar surface area (TPSA) is 0 Å². The van der Waals surface area contributed by atoms with Crippen molar-refractivity contribution in [1.29, 1.82) is 0 Å². The molecule has 36 valence electrons. The Bertz CT molecular complexity index is 29.5.